The van der Waals surface area contributed by atoms with Crippen molar-refractivity contribution in [1.29, 1.82) is 0 Å². The molecule has 7 nitrogen and oxygen atoms in total. The van der Waals surface area contributed by atoms with Crippen molar-refractivity contribution in [2.45, 2.75) is 63.1 Å². The van der Waals surface area contributed by atoms with E-state index in [-0.39, 0.29) is 18.0 Å². The summed E-state index contributed by atoms with van der Waals surface area (Å²) in [4.78, 5) is 26.3. The standard InChI is InChI=1S/C17H29N3O4/c21-16(15-12-23-10-11-24-15)20-8-6-14(7-9-20)19-17(22)18-13-4-2-1-3-5-13/h13-15H,1-12H2,(H2,18,19,22)/t15-/m0/s1. The van der Waals surface area contributed by atoms with Crippen LogP contribution in [-0.2, 0) is 14.3 Å². The Morgan fingerprint density at radius 1 is 0.875 bits per heavy atom. The minimum atomic E-state index is -0.460. The number of carbonyl (C=O) groups excluding carboxylic acids is 2. The second-order valence-corrected chi connectivity index (χ2v) is 6.99. The second kappa shape index (κ2) is 8.67. The van der Waals surface area contributed by atoms with Crippen molar-refractivity contribution >= 4 is 11.9 Å². The van der Waals surface area contributed by atoms with Crippen molar-refractivity contribution in [3.8, 4) is 0 Å². The van der Waals surface area contributed by atoms with Gasteiger partial charge in [-0.2, -0.15) is 0 Å². The molecule has 0 aromatic heterocycles. The molecule has 1 saturated carbocycles. The first-order valence-electron chi connectivity index (χ1n) is 9.27. The minimum absolute atomic E-state index is 0.0137. The summed E-state index contributed by atoms with van der Waals surface area (Å²) in [5.41, 5.74) is 0. The molecule has 3 fully saturated rings. The van der Waals surface area contributed by atoms with Gasteiger partial charge in [0, 0.05) is 25.2 Å². The van der Waals surface area contributed by atoms with E-state index in [4.69, 9.17) is 9.47 Å². The molecule has 1 aliphatic carbocycles. The predicted molar refractivity (Wildman–Crippen MR) is 88.7 cm³/mol. The zero-order valence-electron chi connectivity index (χ0n) is 14.3. The van der Waals surface area contributed by atoms with Crippen molar-refractivity contribution in [2.75, 3.05) is 32.9 Å². The van der Waals surface area contributed by atoms with Crippen LogP contribution in [0.1, 0.15) is 44.9 Å². The van der Waals surface area contributed by atoms with Gasteiger partial charge in [-0.3, -0.25) is 4.79 Å². The Bertz CT molecular complexity index is 426. The number of carbonyl (C=O) groups is 2. The Kier molecular flexibility index (Phi) is 6.31. The predicted octanol–water partition coefficient (Wildman–Crippen LogP) is 1.02. The Morgan fingerprint density at radius 3 is 2.17 bits per heavy atom. The Labute approximate surface area is 143 Å². The fraction of sp³-hybridized carbons (Fsp3) is 0.882. The van der Waals surface area contributed by atoms with Gasteiger partial charge in [-0.1, -0.05) is 19.3 Å². The fourth-order valence-electron chi connectivity index (χ4n) is 3.74. The van der Waals surface area contributed by atoms with Crippen LogP contribution < -0.4 is 10.6 Å². The highest BCUT2D eigenvalue weighted by Gasteiger charge is 2.31. The number of nitrogens with one attached hydrogen (secondary N) is 2. The average Bonchev–Trinajstić information content (AvgIpc) is 2.63. The Morgan fingerprint density at radius 2 is 1.54 bits per heavy atom. The summed E-state index contributed by atoms with van der Waals surface area (Å²) in [6, 6.07) is 0.403. The molecule has 0 unspecified atom stereocenters. The third-order valence-corrected chi connectivity index (χ3v) is 5.17. The van der Waals surface area contributed by atoms with Crippen LogP contribution in [0.3, 0.4) is 0 Å². The second-order valence-electron chi connectivity index (χ2n) is 6.99. The zero-order chi connectivity index (χ0) is 16.8. The number of amides is 3. The summed E-state index contributed by atoms with van der Waals surface area (Å²) in [6.07, 6.45) is 6.99. The number of hydrogen-bond donors (Lipinski definition) is 2. The van der Waals surface area contributed by atoms with E-state index in [1.807, 2.05) is 4.90 Å². The highest BCUT2D eigenvalue weighted by Crippen LogP contribution is 2.18. The van der Waals surface area contributed by atoms with Gasteiger partial charge >= 0.3 is 6.03 Å². The van der Waals surface area contributed by atoms with Crippen LogP contribution in [0.4, 0.5) is 4.79 Å². The van der Waals surface area contributed by atoms with Gasteiger partial charge in [-0.05, 0) is 25.7 Å². The van der Waals surface area contributed by atoms with Crippen molar-refractivity contribution in [3.63, 3.8) is 0 Å². The molecule has 0 bridgehead atoms. The SMILES string of the molecule is O=C(NC1CCCCC1)NC1CCN(C(=O)[C@@H]2COCCO2)CC1. The molecule has 136 valence electrons. The van der Waals surface area contributed by atoms with Gasteiger partial charge in [0.1, 0.15) is 0 Å². The smallest absolute Gasteiger partial charge is 0.315 e. The lowest BCUT2D eigenvalue weighted by molar-refractivity contribution is -0.158. The van der Waals surface area contributed by atoms with Crippen LogP contribution in [0.25, 0.3) is 0 Å². The Hall–Kier alpha value is -1.34. The first-order chi connectivity index (χ1) is 11.7. The monoisotopic (exact) mass is 339 g/mol. The molecule has 24 heavy (non-hydrogen) atoms. The number of rotatable bonds is 3. The number of nitrogens with zero attached hydrogens (tertiary/aromatic N) is 1. The quantitative estimate of drug-likeness (QED) is 0.805. The minimum Gasteiger partial charge on any atom is -0.376 e. The summed E-state index contributed by atoms with van der Waals surface area (Å²) in [5, 5.41) is 6.15. The first kappa shape index (κ1) is 17.5. The lowest BCUT2D eigenvalue weighted by atomic mass is 9.96. The number of hydrogen-bond acceptors (Lipinski definition) is 4. The van der Waals surface area contributed by atoms with Crippen molar-refractivity contribution in [2.24, 2.45) is 0 Å². The van der Waals surface area contributed by atoms with Crippen LogP contribution in [0.2, 0.25) is 0 Å². The van der Waals surface area contributed by atoms with Crippen LogP contribution in [-0.4, -0.2) is 67.9 Å². The third-order valence-electron chi connectivity index (χ3n) is 5.17. The van der Waals surface area contributed by atoms with Crippen molar-refractivity contribution < 1.29 is 19.1 Å². The number of piperidine rings is 1. The summed E-state index contributed by atoms with van der Waals surface area (Å²) < 4.78 is 10.8. The zero-order valence-corrected chi connectivity index (χ0v) is 14.3. The summed E-state index contributed by atoms with van der Waals surface area (Å²) in [6.45, 7) is 2.71. The molecule has 7 heteroatoms. The van der Waals surface area contributed by atoms with Gasteiger partial charge in [0.05, 0.1) is 19.8 Å². The van der Waals surface area contributed by atoms with Crippen LogP contribution in [0.5, 0.6) is 0 Å². The largest absolute Gasteiger partial charge is 0.376 e. The van der Waals surface area contributed by atoms with Crippen LogP contribution in [0.15, 0.2) is 0 Å². The van der Waals surface area contributed by atoms with Gasteiger partial charge in [0.15, 0.2) is 6.10 Å². The fourth-order valence-corrected chi connectivity index (χ4v) is 3.74. The molecule has 2 N–H and O–H groups in total. The molecule has 2 saturated heterocycles. The van der Waals surface area contributed by atoms with E-state index in [2.05, 4.69) is 10.6 Å². The van der Waals surface area contributed by atoms with Gasteiger partial charge < -0.3 is 25.0 Å². The first-order valence-corrected chi connectivity index (χ1v) is 9.27. The average molecular weight is 339 g/mol. The van der Waals surface area contributed by atoms with E-state index in [0.717, 1.165) is 25.7 Å². The summed E-state index contributed by atoms with van der Waals surface area (Å²) in [5.74, 6) is 0.0137. The van der Waals surface area contributed by atoms with E-state index in [1.165, 1.54) is 19.3 Å². The molecule has 2 heterocycles. The van der Waals surface area contributed by atoms with Gasteiger partial charge in [0.25, 0.3) is 5.91 Å². The molecule has 0 aromatic rings. The maximum atomic E-state index is 12.4. The third kappa shape index (κ3) is 4.83. The molecular formula is C17H29N3O4. The number of ether oxygens (including phenoxy) is 2. The topological polar surface area (TPSA) is 79.9 Å². The number of urea groups is 1. The van der Waals surface area contributed by atoms with E-state index in [1.54, 1.807) is 0 Å². The molecular weight excluding hydrogens is 310 g/mol. The lowest BCUT2D eigenvalue weighted by Crippen LogP contribution is -2.53. The van der Waals surface area contributed by atoms with Crippen molar-refractivity contribution in [3.05, 3.63) is 0 Å². The normalized spacial score (nSPS) is 26.8. The van der Waals surface area contributed by atoms with E-state index < -0.39 is 6.10 Å². The highest BCUT2D eigenvalue weighted by molar-refractivity contribution is 5.81. The van der Waals surface area contributed by atoms with Gasteiger partial charge in [-0.25, -0.2) is 4.79 Å². The highest BCUT2D eigenvalue weighted by atomic mass is 16.6. The van der Waals surface area contributed by atoms with E-state index in [0.29, 0.717) is 39.0 Å². The lowest BCUT2D eigenvalue weighted by Gasteiger charge is -2.35. The summed E-state index contributed by atoms with van der Waals surface area (Å²) >= 11 is 0. The maximum absolute atomic E-state index is 12.4. The molecule has 0 radical (unpaired) electrons. The van der Waals surface area contributed by atoms with Gasteiger partial charge in [0.2, 0.25) is 0 Å². The molecule has 1 atom stereocenters. The molecule has 0 aromatic carbocycles. The summed E-state index contributed by atoms with van der Waals surface area (Å²) in [7, 11) is 0. The molecule has 0 spiro atoms. The molecule has 2 aliphatic heterocycles. The van der Waals surface area contributed by atoms with Crippen LogP contribution >= 0.6 is 0 Å². The molecule has 3 rings (SSSR count). The van der Waals surface area contributed by atoms with Crippen molar-refractivity contribution in [1.82, 2.24) is 15.5 Å². The van der Waals surface area contributed by atoms with E-state index in [9.17, 15) is 9.59 Å². The van der Waals surface area contributed by atoms with Gasteiger partial charge in [-0.15, -0.1) is 0 Å². The van der Waals surface area contributed by atoms with E-state index >= 15 is 0 Å². The maximum Gasteiger partial charge on any atom is 0.315 e. The Balaban J connectivity index is 1.36. The number of likely N-dealkylation sites (tertiary alicyclic amines) is 1. The van der Waals surface area contributed by atoms with Crippen LogP contribution in [0, 0.1) is 0 Å². The molecule has 3 amide bonds. The molecule has 3 aliphatic rings.